The van der Waals surface area contributed by atoms with Gasteiger partial charge in [0, 0.05) is 26.2 Å². The number of carbonyl (C=O) groups excluding carboxylic acids is 4. The highest BCUT2D eigenvalue weighted by Crippen LogP contribution is 2.11. The number of rotatable bonds is 7. The first kappa shape index (κ1) is 23.4. The van der Waals surface area contributed by atoms with Gasteiger partial charge in [0.2, 0.25) is 5.91 Å². The van der Waals surface area contributed by atoms with Crippen molar-refractivity contribution in [2.24, 2.45) is 0 Å². The predicted octanol–water partition coefficient (Wildman–Crippen LogP) is 1.28. The lowest BCUT2D eigenvalue weighted by Crippen LogP contribution is -2.52. The van der Waals surface area contributed by atoms with Gasteiger partial charge in [0.1, 0.15) is 12.6 Å². The third-order valence-corrected chi connectivity index (χ3v) is 5.88. The summed E-state index contributed by atoms with van der Waals surface area (Å²) in [6.45, 7) is 0.790. The van der Waals surface area contributed by atoms with Gasteiger partial charge in [0.15, 0.2) is 0 Å². The van der Waals surface area contributed by atoms with Gasteiger partial charge in [-0.15, -0.1) is 11.3 Å². The maximum atomic E-state index is 12.8. The van der Waals surface area contributed by atoms with Crippen molar-refractivity contribution >= 4 is 35.0 Å². The van der Waals surface area contributed by atoms with E-state index in [0.29, 0.717) is 19.5 Å². The fourth-order valence-corrected chi connectivity index (χ4v) is 3.94. The molecule has 0 saturated carbocycles. The van der Waals surface area contributed by atoms with Crippen LogP contribution in [0.1, 0.15) is 21.7 Å². The number of hydrogen-bond donors (Lipinski definition) is 2. The van der Waals surface area contributed by atoms with Gasteiger partial charge in [0.05, 0.1) is 11.5 Å². The first-order valence-electron chi connectivity index (χ1n) is 10.2. The van der Waals surface area contributed by atoms with Crippen LogP contribution in [0, 0.1) is 0 Å². The van der Waals surface area contributed by atoms with Crippen LogP contribution in [0.2, 0.25) is 0 Å². The van der Waals surface area contributed by atoms with Gasteiger partial charge in [-0.1, -0.05) is 36.4 Å². The Kier molecular flexibility index (Phi) is 8.34. The molecular weight excluding hydrogens is 434 g/mol. The highest BCUT2D eigenvalue weighted by atomic mass is 32.1. The quantitative estimate of drug-likeness (QED) is 0.476. The maximum Gasteiger partial charge on any atom is 0.410 e. The summed E-state index contributed by atoms with van der Waals surface area (Å²) < 4.78 is 5.35. The maximum absolute atomic E-state index is 12.8. The Labute approximate surface area is 189 Å². The molecule has 0 radical (unpaired) electrons. The van der Waals surface area contributed by atoms with Gasteiger partial charge in [-0.2, -0.15) is 0 Å². The van der Waals surface area contributed by atoms with E-state index in [9.17, 15) is 24.3 Å². The highest BCUT2D eigenvalue weighted by Gasteiger charge is 2.30. The van der Waals surface area contributed by atoms with Crippen molar-refractivity contribution in [2.45, 2.75) is 19.1 Å². The summed E-state index contributed by atoms with van der Waals surface area (Å²) in [5.41, 5.74) is 0.881. The van der Waals surface area contributed by atoms with E-state index < -0.39 is 36.3 Å². The molecule has 1 fully saturated rings. The first-order chi connectivity index (χ1) is 15.5. The Balaban J connectivity index is 1.51. The topological polar surface area (TPSA) is 116 Å². The number of benzene rings is 1. The lowest BCUT2D eigenvalue weighted by atomic mass is 10.2. The Morgan fingerprint density at radius 1 is 1.00 bits per heavy atom. The van der Waals surface area contributed by atoms with Crippen LogP contribution in [0.25, 0.3) is 0 Å². The molecule has 0 unspecified atom stereocenters. The molecule has 0 spiro atoms. The Morgan fingerprint density at radius 2 is 1.72 bits per heavy atom. The second-order valence-electron chi connectivity index (χ2n) is 7.22. The van der Waals surface area contributed by atoms with Crippen LogP contribution in [0.5, 0.6) is 0 Å². The van der Waals surface area contributed by atoms with Crippen molar-refractivity contribution < 1.29 is 29.0 Å². The molecule has 0 bridgehead atoms. The highest BCUT2D eigenvalue weighted by molar-refractivity contribution is 7.13. The van der Waals surface area contributed by atoms with Gasteiger partial charge >= 0.3 is 6.09 Å². The third-order valence-electron chi connectivity index (χ3n) is 5.01. The van der Waals surface area contributed by atoms with Crippen molar-refractivity contribution in [1.82, 2.24) is 15.1 Å². The Bertz CT molecular complexity index is 934. The Hall–Kier alpha value is -3.24. The average molecular weight is 460 g/mol. The molecule has 1 aliphatic heterocycles. The molecule has 3 rings (SSSR count). The van der Waals surface area contributed by atoms with Gasteiger partial charge in [0.25, 0.3) is 11.7 Å². The van der Waals surface area contributed by atoms with E-state index in [-0.39, 0.29) is 24.6 Å². The number of carbonyl (C=O) groups is 4. The molecule has 2 N–H and O–H groups in total. The zero-order valence-electron chi connectivity index (χ0n) is 17.4. The van der Waals surface area contributed by atoms with E-state index >= 15 is 0 Å². The van der Waals surface area contributed by atoms with Crippen molar-refractivity contribution in [2.75, 3.05) is 32.8 Å². The van der Waals surface area contributed by atoms with Gasteiger partial charge in [-0.3, -0.25) is 14.4 Å². The van der Waals surface area contributed by atoms with Crippen LogP contribution in [0.15, 0.2) is 47.8 Å². The fourth-order valence-electron chi connectivity index (χ4n) is 3.28. The largest absolute Gasteiger partial charge is 0.445 e. The monoisotopic (exact) mass is 459 g/mol. The summed E-state index contributed by atoms with van der Waals surface area (Å²) in [5, 5.41) is 13.6. The van der Waals surface area contributed by atoms with E-state index in [1.54, 1.807) is 11.4 Å². The fraction of sp³-hybridized carbons (Fsp3) is 0.364. The number of Topliss-reactive ketones (excluding diaryl/α,β-unsaturated/α-hetero) is 1. The zero-order valence-corrected chi connectivity index (χ0v) is 18.3. The normalized spacial score (nSPS) is 14.9. The number of nitrogens with one attached hydrogen (secondary N) is 1. The minimum atomic E-state index is -1.23. The second-order valence-corrected chi connectivity index (χ2v) is 8.17. The number of nitrogens with zero attached hydrogens (tertiary/aromatic N) is 2. The van der Waals surface area contributed by atoms with Crippen LogP contribution in [0.3, 0.4) is 0 Å². The lowest BCUT2D eigenvalue weighted by Gasteiger charge is -2.25. The van der Waals surface area contributed by atoms with Crippen LogP contribution in [-0.2, 0) is 20.9 Å². The molecule has 1 saturated heterocycles. The minimum absolute atomic E-state index is 0.162. The number of thiophene rings is 1. The second kappa shape index (κ2) is 11.4. The van der Waals surface area contributed by atoms with Crippen molar-refractivity contribution in [1.29, 1.82) is 0 Å². The molecule has 170 valence electrons. The van der Waals surface area contributed by atoms with Gasteiger partial charge < -0.3 is 25.0 Å². The number of amides is 3. The summed E-state index contributed by atoms with van der Waals surface area (Å²) in [6, 6.07) is 11.3. The van der Waals surface area contributed by atoms with Crippen LogP contribution in [-0.4, -0.2) is 77.4 Å². The van der Waals surface area contributed by atoms with Gasteiger partial charge in [-0.05, 0) is 23.4 Å². The average Bonchev–Trinajstić information content (AvgIpc) is 3.25. The van der Waals surface area contributed by atoms with Crippen molar-refractivity contribution in [3.05, 3.63) is 58.3 Å². The zero-order chi connectivity index (χ0) is 22.9. The summed E-state index contributed by atoms with van der Waals surface area (Å²) in [5.74, 6) is -2.20. The third kappa shape index (κ3) is 6.14. The van der Waals surface area contributed by atoms with E-state index in [4.69, 9.17) is 4.74 Å². The van der Waals surface area contributed by atoms with Crippen molar-refractivity contribution in [3.63, 3.8) is 0 Å². The molecule has 2 aromatic rings. The number of aliphatic hydroxyl groups is 1. The number of hydrogen-bond acceptors (Lipinski definition) is 7. The molecule has 2 heterocycles. The summed E-state index contributed by atoms with van der Waals surface area (Å²) in [4.78, 5) is 52.8. The van der Waals surface area contributed by atoms with Gasteiger partial charge in [-0.25, -0.2) is 4.79 Å². The Morgan fingerprint density at radius 3 is 2.41 bits per heavy atom. The van der Waals surface area contributed by atoms with Crippen LogP contribution >= 0.6 is 11.3 Å². The number of ketones is 1. The minimum Gasteiger partial charge on any atom is -0.445 e. The molecule has 1 atom stereocenters. The smallest absolute Gasteiger partial charge is 0.410 e. The number of aliphatic hydroxyl groups excluding tert-OH is 1. The van der Waals surface area contributed by atoms with E-state index in [0.717, 1.165) is 16.9 Å². The molecular formula is C22H25N3O6S. The van der Waals surface area contributed by atoms with E-state index in [1.807, 2.05) is 30.3 Å². The molecule has 3 amide bonds. The molecule has 9 nitrogen and oxygen atoms in total. The first-order valence-corrected chi connectivity index (χ1v) is 11.1. The number of ether oxygens (including phenoxy) is 1. The molecule has 32 heavy (non-hydrogen) atoms. The summed E-state index contributed by atoms with van der Waals surface area (Å²) in [6.07, 6.45) is 0.0589. The molecule has 10 heteroatoms. The van der Waals surface area contributed by atoms with E-state index in [1.165, 1.54) is 15.9 Å². The molecule has 1 aromatic heterocycles. The predicted molar refractivity (Wildman–Crippen MR) is 117 cm³/mol. The van der Waals surface area contributed by atoms with Crippen molar-refractivity contribution in [3.8, 4) is 0 Å². The summed E-state index contributed by atoms with van der Waals surface area (Å²) >= 11 is 1.12. The summed E-state index contributed by atoms with van der Waals surface area (Å²) in [7, 11) is 0. The molecule has 0 aliphatic carbocycles. The molecule has 1 aliphatic rings. The van der Waals surface area contributed by atoms with Crippen LogP contribution < -0.4 is 5.32 Å². The molecule has 1 aromatic carbocycles. The SMILES string of the molecule is O=C(N[C@@H](CO)C(=O)N1CCCN(C(=O)OCc2ccccc2)CC1)C(=O)c1cccs1. The van der Waals surface area contributed by atoms with E-state index in [2.05, 4.69) is 5.32 Å². The lowest BCUT2D eigenvalue weighted by molar-refractivity contribution is -0.136. The van der Waals surface area contributed by atoms with Crippen LogP contribution in [0.4, 0.5) is 4.79 Å². The standard InChI is InChI=1S/C22H25N3O6S/c26-14-17(23-20(28)19(27)18-8-4-13-32-18)21(29)24-9-5-10-25(12-11-24)22(30)31-15-16-6-2-1-3-7-16/h1-4,6-8,13,17,26H,5,9-12,14-15H2,(H,23,28)/t17-/m0/s1.